The molecule has 1 aromatic rings. The number of pyridine rings is 1. The molecule has 1 aliphatic rings. The van der Waals surface area contributed by atoms with Crippen molar-refractivity contribution in [1.82, 2.24) is 10.3 Å². The highest BCUT2D eigenvalue weighted by Crippen LogP contribution is 2.19. The van der Waals surface area contributed by atoms with Crippen LogP contribution < -0.4 is 10.2 Å². The van der Waals surface area contributed by atoms with Gasteiger partial charge in [-0.25, -0.2) is 9.78 Å². The van der Waals surface area contributed by atoms with Crippen molar-refractivity contribution >= 4 is 11.7 Å². The van der Waals surface area contributed by atoms with Crippen LogP contribution in [-0.4, -0.2) is 42.2 Å². The molecule has 0 bridgehead atoms. The Kier molecular flexibility index (Phi) is 3.58. The van der Waals surface area contributed by atoms with Gasteiger partial charge in [-0.2, -0.15) is 0 Å². The summed E-state index contributed by atoms with van der Waals surface area (Å²) in [5, 5.41) is 12.1. The first-order chi connectivity index (χ1) is 8.18. The fourth-order valence-electron chi connectivity index (χ4n) is 2.13. The van der Waals surface area contributed by atoms with Crippen LogP contribution in [0.2, 0.25) is 0 Å². The van der Waals surface area contributed by atoms with E-state index in [2.05, 4.69) is 15.2 Å². The van der Waals surface area contributed by atoms with Crippen LogP contribution in [0.5, 0.6) is 0 Å². The summed E-state index contributed by atoms with van der Waals surface area (Å²) < 4.78 is 0. The van der Waals surface area contributed by atoms with E-state index in [0.29, 0.717) is 6.04 Å². The average Bonchev–Trinajstić information content (AvgIpc) is 2.39. The molecule has 0 unspecified atom stereocenters. The van der Waals surface area contributed by atoms with Gasteiger partial charge in [0.25, 0.3) is 0 Å². The zero-order valence-electron chi connectivity index (χ0n) is 9.89. The lowest BCUT2D eigenvalue weighted by Crippen LogP contribution is -2.41. The number of aromatic nitrogens is 1. The van der Waals surface area contributed by atoms with Crippen molar-refractivity contribution in [2.24, 2.45) is 0 Å². The van der Waals surface area contributed by atoms with Crippen LogP contribution in [0.15, 0.2) is 18.3 Å². The van der Waals surface area contributed by atoms with Gasteiger partial charge < -0.3 is 15.3 Å². The third-order valence-electron chi connectivity index (χ3n) is 3.23. The number of hydrogen-bond donors (Lipinski definition) is 2. The highest BCUT2D eigenvalue weighted by molar-refractivity contribution is 5.85. The Hall–Kier alpha value is -1.62. The summed E-state index contributed by atoms with van der Waals surface area (Å²) in [7, 11) is 2.04. The van der Waals surface area contributed by atoms with Gasteiger partial charge in [-0.3, -0.25) is 0 Å². The van der Waals surface area contributed by atoms with Crippen LogP contribution in [0.3, 0.4) is 0 Å². The first-order valence-corrected chi connectivity index (χ1v) is 5.81. The molecule has 0 spiro atoms. The second-order valence-corrected chi connectivity index (χ2v) is 4.30. The highest BCUT2D eigenvalue weighted by Gasteiger charge is 2.18. The van der Waals surface area contributed by atoms with Crippen molar-refractivity contribution in [3.8, 4) is 0 Å². The van der Waals surface area contributed by atoms with E-state index in [1.165, 1.54) is 0 Å². The zero-order chi connectivity index (χ0) is 12.3. The molecule has 0 saturated carbocycles. The van der Waals surface area contributed by atoms with Crippen molar-refractivity contribution in [3.63, 3.8) is 0 Å². The lowest BCUT2D eigenvalue weighted by molar-refractivity contribution is 0.0690. The number of aromatic carboxylic acids is 1. The summed E-state index contributed by atoms with van der Waals surface area (Å²) in [6, 6.07) is 3.88. The molecule has 1 saturated heterocycles. The minimum atomic E-state index is -0.985. The van der Waals surface area contributed by atoms with E-state index < -0.39 is 5.97 Å². The minimum Gasteiger partial charge on any atom is -0.477 e. The Morgan fingerprint density at radius 2 is 2.18 bits per heavy atom. The Morgan fingerprint density at radius 1 is 1.47 bits per heavy atom. The number of hydrogen-bond acceptors (Lipinski definition) is 4. The molecule has 2 heterocycles. The Morgan fingerprint density at radius 3 is 2.71 bits per heavy atom. The van der Waals surface area contributed by atoms with E-state index >= 15 is 0 Å². The second kappa shape index (κ2) is 5.14. The fourth-order valence-corrected chi connectivity index (χ4v) is 2.13. The van der Waals surface area contributed by atoms with E-state index in [1.807, 2.05) is 13.1 Å². The van der Waals surface area contributed by atoms with Gasteiger partial charge in [0.15, 0.2) is 0 Å². The molecule has 2 rings (SSSR count). The smallest absolute Gasteiger partial charge is 0.354 e. The first-order valence-electron chi connectivity index (χ1n) is 5.81. The summed E-state index contributed by atoms with van der Waals surface area (Å²) in [5.74, 6) is -0.985. The number of piperidine rings is 1. The Bertz CT molecular complexity index is 385. The van der Waals surface area contributed by atoms with Crippen LogP contribution in [0.4, 0.5) is 5.69 Å². The number of anilines is 1. The third kappa shape index (κ3) is 2.74. The molecule has 5 heteroatoms. The monoisotopic (exact) mass is 235 g/mol. The fraction of sp³-hybridized carbons (Fsp3) is 0.500. The van der Waals surface area contributed by atoms with E-state index in [-0.39, 0.29) is 5.69 Å². The number of nitrogens with zero attached hydrogens (tertiary/aromatic N) is 2. The van der Waals surface area contributed by atoms with Gasteiger partial charge in [0, 0.05) is 13.1 Å². The van der Waals surface area contributed by atoms with Crippen LogP contribution >= 0.6 is 0 Å². The third-order valence-corrected chi connectivity index (χ3v) is 3.23. The second-order valence-electron chi connectivity index (χ2n) is 4.30. The molecule has 2 N–H and O–H groups in total. The van der Waals surface area contributed by atoms with Crippen molar-refractivity contribution < 1.29 is 9.90 Å². The van der Waals surface area contributed by atoms with Gasteiger partial charge >= 0.3 is 5.97 Å². The molecule has 1 aliphatic heterocycles. The van der Waals surface area contributed by atoms with Gasteiger partial charge in [-0.1, -0.05) is 0 Å². The maximum atomic E-state index is 10.7. The Labute approximate surface area is 100 Å². The Balaban J connectivity index is 2.07. The van der Waals surface area contributed by atoms with Gasteiger partial charge in [-0.05, 0) is 38.1 Å². The highest BCUT2D eigenvalue weighted by atomic mass is 16.4. The number of carboxylic acids is 1. The molecule has 0 amide bonds. The maximum absolute atomic E-state index is 10.7. The number of carbonyl (C=O) groups is 1. The van der Waals surface area contributed by atoms with Gasteiger partial charge in [0.05, 0.1) is 11.9 Å². The number of rotatable bonds is 3. The normalized spacial score (nSPS) is 16.8. The number of nitrogens with one attached hydrogen (secondary N) is 1. The SMILES string of the molecule is CN(c1ccc(C(=O)O)nc1)C1CCNCC1. The topological polar surface area (TPSA) is 65.5 Å². The van der Waals surface area contributed by atoms with Crippen molar-refractivity contribution in [1.29, 1.82) is 0 Å². The van der Waals surface area contributed by atoms with Crippen molar-refractivity contribution in [2.75, 3.05) is 25.0 Å². The van der Waals surface area contributed by atoms with Crippen molar-refractivity contribution in [2.45, 2.75) is 18.9 Å². The summed E-state index contributed by atoms with van der Waals surface area (Å²) in [6.07, 6.45) is 3.85. The van der Waals surface area contributed by atoms with Crippen LogP contribution in [0.25, 0.3) is 0 Å². The van der Waals surface area contributed by atoms with Gasteiger partial charge in [0.2, 0.25) is 0 Å². The average molecular weight is 235 g/mol. The zero-order valence-corrected chi connectivity index (χ0v) is 9.89. The molecular formula is C12H17N3O2. The first kappa shape index (κ1) is 11.9. The molecule has 0 aromatic carbocycles. The molecule has 0 aliphatic carbocycles. The van der Waals surface area contributed by atoms with E-state index in [4.69, 9.17) is 5.11 Å². The molecular weight excluding hydrogens is 218 g/mol. The molecule has 5 nitrogen and oxygen atoms in total. The molecule has 0 radical (unpaired) electrons. The minimum absolute atomic E-state index is 0.0902. The summed E-state index contributed by atoms with van der Waals surface area (Å²) in [4.78, 5) is 16.8. The van der Waals surface area contributed by atoms with Gasteiger partial charge in [0.1, 0.15) is 5.69 Å². The molecule has 1 fully saturated rings. The van der Waals surface area contributed by atoms with Crippen LogP contribution in [0, 0.1) is 0 Å². The van der Waals surface area contributed by atoms with E-state index in [0.717, 1.165) is 31.6 Å². The predicted octanol–water partition coefficient (Wildman–Crippen LogP) is 0.968. The van der Waals surface area contributed by atoms with Crippen LogP contribution in [0.1, 0.15) is 23.3 Å². The molecule has 17 heavy (non-hydrogen) atoms. The van der Waals surface area contributed by atoms with Gasteiger partial charge in [-0.15, -0.1) is 0 Å². The van der Waals surface area contributed by atoms with Crippen LogP contribution in [-0.2, 0) is 0 Å². The molecule has 0 atom stereocenters. The van der Waals surface area contributed by atoms with E-state index in [9.17, 15) is 4.79 Å². The van der Waals surface area contributed by atoms with Crippen molar-refractivity contribution in [3.05, 3.63) is 24.0 Å². The quantitative estimate of drug-likeness (QED) is 0.817. The number of carboxylic acid groups (broad SMARTS) is 1. The summed E-state index contributed by atoms with van der Waals surface area (Å²) in [6.45, 7) is 2.07. The predicted molar refractivity (Wildman–Crippen MR) is 65.5 cm³/mol. The lowest BCUT2D eigenvalue weighted by atomic mass is 10.1. The lowest BCUT2D eigenvalue weighted by Gasteiger charge is -2.33. The maximum Gasteiger partial charge on any atom is 0.354 e. The molecule has 92 valence electrons. The molecule has 1 aromatic heterocycles. The summed E-state index contributed by atoms with van der Waals surface area (Å²) in [5.41, 5.74) is 1.06. The summed E-state index contributed by atoms with van der Waals surface area (Å²) >= 11 is 0. The van der Waals surface area contributed by atoms with E-state index in [1.54, 1.807) is 12.3 Å². The largest absolute Gasteiger partial charge is 0.477 e. The standard InChI is InChI=1S/C12H17N3O2/c1-15(9-4-6-13-7-5-9)10-2-3-11(12(16)17)14-8-10/h2-3,8-9,13H,4-7H2,1H3,(H,16,17).